The number of carbonyl (C=O) groups excluding carboxylic acids is 1. The molecule has 7 nitrogen and oxygen atoms in total. The topological polar surface area (TPSA) is 79.4 Å². The van der Waals surface area contributed by atoms with Crippen LogP contribution in [0, 0.1) is 6.92 Å². The molecule has 7 heteroatoms. The van der Waals surface area contributed by atoms with Gasteiger partial charge in [-0.25, -0.2) is 4.98 Å². The number of rotatable bonds is 5. The summed E-state index contributed by atoms with van der Waals surface area (Å²) in [6, 6.07) is 1.71. The van der Waals surface area contributed by atoms with Gasteiger partial charge in [-0.05, 0) is 13.8 Å². The molecule has 20 heavy (non-hydrogen) atoms. The fraction of sp³-hybridized carbons (Fsp3) is 0.615. The predicted molar refractivity (Wildman–Crippen MR) is 75.9 cm³/mol. The first-order chi connectivity index (χ1) is 9.69. The fourth-order valence-corrected chi connectivity index (χ4v) is 2.04. The summed E-state index contributed by atoms with van der Waals surface area (Å²) < 4.78 is 5.36. The summed E-state index contributed by atoms with van der Waals surface area (Å²) in [5, 5.41) is 6.26. The summed E-state index contributed by atoms with van der Waals surface area (Å²) >= 11 is 0. The number of hydrogen-bond acceptors (Lipinski definition) is 6. The van der Waals surface area contributed by atoms with E-state index in [9.17, 15) is 4.79 Å². The van der Waals surface area contributed by atoms with E-state index in [-0.39, 0.29) is 12.5 Å². The Morgan fingerprint density at radius 3 is 2.90 bits per heavy atom. The van der Waals surface area contributed by atoms with Gasteiger partial charge in [0.05, 0.1) is 13.2 Å². The molecule has 0 radical (unpaired) electrons. The highest BCUT2D eigenvalue weighted by atomic mass is 16.5. The molecule has 0 unspecified atom stereocenters. The monoisotopic (exact) mass is 279 g/mol. The molecular weight excluding hydrogens is 258 g/mol. The Morgan fingerprint density at radius 1 is 1.45 bits per heavy atom. The third-order valence-electron chi connectivity index (χ3n) is 3.00. The number of aryl methyl sites for hydroxylation is 1. The number of aromatic nitrogens is 2. The summed E-state index contributed by atoms with van der Waals surface area (Å²) in [5.41, 5.74) is 0. The minimum atomic E-state index is 0.0840. The van der Waals surface area contributed by atoms with E-state index in [2.05, 4.69) is 20.6 Å². The van der Waals surface area contributed by atoms with Crippen LogP contribution in [-0.2, 0) is 4.79 Å². The normalized spacial score (nSPS) is 15.0. The van der Waals surface area contributed by atoms with Gasteiger partial charge in [0.15, 0.2) is 0 Å². The van der Waals surface area contributed by atoms with Crippen molar-refractivity contribution < 1.29 is 9.53 Å². The van der Waals surface area contributed by atoms with E-state index in [4.69, 9.17) is 4.74 Å². The highest BCUT2D eigenvalue weighted by Gasteiger charge is 2.15. The molecule has 0 atom stereocenters. The van der Waals surface area contributed by atoms with Crippen LogP contribution < -0.4 is 15.4 Å². The van der Waals surface area contributed by atoms with Crippen molar-refractivity contribution in [2.45, 2.75) is 13.8 Å². The van der Waals surface area contributed by atoms with Gasteiger partial charge >= 0.3 is 0 Å². The van der Waals surface area contributed by atoms with Crippen LogP contribution in [0.2, 0.25) is 0 Å². The maximum Gasteiger partial charge on any atom is 0.242 e. The van der Waals surface area contributed by atoms with Gasteiger partial charge in [0.2, 0.25) is 11.8 Å². The summed E-state index contributed by atoms with van der Waals surface area (Å²) in [4.78, 5) is 22.3. The molecule has 0 saturated carbocycles. The Labute approximate surface area is 118 Å². The molecule has 1 aliphatic heterocycles. The van der Waals surface area contributed by atoms with Gasteiger partial charge in [-0.3, -0.25) is 4.79 Å². The number of nitrogens with zero attached hydrogens (tertiary/aromatic N) is 3. The molecule has 2 N–H and O–H groups in total. The molecule has 1 aromatic heterocycles. The second-order valence-electron chi connectivity index (χ2n) is 4.56. The van der Waals surface area contributed by atoms with Crippen molar-refractivity contribution in [2.24, 2.45) is 0 Å². The summed E-state index contributed by atoms with van der Waals surface area (Å²) in [7, 11) is 0. The van der Waals surface area contributed by atoms with Gasteiger partial charge in [0, 0.05) is 32.2 Å². The zero-order chi connectivity index (χ0) is 14.4. The van der Waals surface area contributed by atoms with Crippen LogP contribution in [-0.4, -0.2) is 60.1 Å². The van der Waals surface area contributed by atoms with Crippen LogP contribution in [0.5, 0.6) is 5.88 Å². The molecule has 0 spiro atoms. The summed E-state index contributed by atoms with van der Waals surface area (Å²) in [5.74, 6) is 1.84. The van der Waals surface area contributed by atoms with Crippen molar-refractivity contribution in [3.8, 4) is 5.88 Å². The molecule has 0 aliphatic carbocycles. The third-order valence-corrected chi connectivity index (χ3v) is 3.00. The largest absolute Gasteiger partial charge is 0.478 e. The first-order valence-corrected chi connectivity index (χ1v) is 6.90. The van der Waals surface area contributed by atoms with Crippen LogP contribution in [0.25, 0.3) is 0 Å². The summed E-state index contributed by atoms with van der Waals surface area (Å²) in [6.45, 7) is 7.71. The maximum absolute atomic E-state index is 12.0. The van der Waals surface area contributed by atoms with E-state index >= 15 is 0 Å². The van der Waals surface area contributed by atoms with E-state index in [0.717, 1.165) is 26.2 Å². The Kier molecular flexibility index (Phi) is 5.11. The lowest BCUT2D eigenvalue weighted by atomic mass is 10.3. The minimum absolute atomic E-state index is 0.0840. The van der Waals surface area contributed by atoms with Crippen molar-refractivity contribution in [1.29, 1.82) is 0 Å². The quantitative estimate of drug-likeness (QED) is 0.791. The van der Waals surface area contributed by atoms with Gasteiger partial charge in [-0.2, -0.15) is 4.98 Å². The fourth-order valence-electron chi connectivity index (χ4n) is 2.04. The number of nitrogens with one attached hydrogen (secondary N) is 2. The lowest BCUT2D eigenvalue weighted by Gasteiger charge is -2.27. The van der Waals surface area contributed by atoms with Gasteiger partial charge in [-0.15, -0.1) is 0 Å². The van der Waals surface area contributed by atoms with Crippen LogP contribution in [0.15, 0.2) is 6.07 Å². The average molecular weight is 279 g/mol. The zero-order valence-corrected chi connectivity index (χ0v) is 12.0. The van der Waals surface area contributed by atoms with Crippen molar-refractivity contribution in [3.63, 3.8) is 0 Å². The predicted octanol–water partition coefficient (Wildman–Crippen LogP) is 0.0274. The second kappa shape index (κ2) is 7.04. The van der Waals surface area contributed by atoms with Crippen molar-refractivity contribution in [1.82, 2.24) is 20.2 Å². The Bertz CT molecular complexity index is 460. The number of anilines is 1. The minimum Gasteiger partial charge on any atom is -0.478 e. The standard InChI is InChI=1S/C13H21N5O2/c1-3-20-12-8-11(16-10(2)17-12)15-9-13(19)18-6-4-14-5-7-18/h8,14H,3-7,9H2,1-2H3,(H,15,16,17). The number of piperazine rings is 1. The van der Waals surface area contributed by atoms with Gasteiger partial charge in [-0.1, -0.05) is 0 Å². The molecule has 2 heterocycles. The molecule has 1 fully saturated rings. The highest BCUT2D eigenvalue weighted by molar-refractivity contribution is 5.80. The third kappa shape index (κ3) is 4.06. The molecule has 1 aromatic rings. The van der Waals surface area contributed by atoms with Crippen LogP contribution in [0.3, 0.4) is 0 Å². The number of amides is 1. The van der Waals surface area contributed by atoms with E-state index in [1.807, 2.05) is 11.8 Å². The molecule has 0 bridgehead atoms. The number of carbonyl (C=O) groups is 1. The lowest BCUT2D eigenvalue weighted by molar-refractivity contribution is -0.129. The lowest BCUT2D eigenvalue weighted by Crippen LogP contribution is -2.48. The van der Waals surface area contributed by atoms with E-state index in [1.165, 1.54) is 0 Å². The Balaban J connectivity index is 1.90. The van der Waals surface area contributed by atoms with Crippen LogP contribution in [0.4, 0.5) is 5.82 Å². The van der Waals surface area contributed by atoms with E-state index in [1.54, 1.807) is 13.0 Å². The molecular formula is C13H21N5O2. The van der Waals surface area contributed by atoms with E-state index < -0.39 is 0 Å². The van der Waals surface area contributed by atoms with Crippen molar-refractivity contribution >= 4 is 11.7 Å². The SMILES string of the molecule is CCOc1cc(NCC(=O)N2CCNCC2)nc(C)n1. The number of hydrogen-bond donors (Lipinski definition) is 2. The Hall–Kier alpha value is -1.89. The van der Waals surface area contributed by atoms with Crippen molar-refractivity contribution in [3.05, 3.63) is 11.9 Å². The molecule has 110 valence electrons. The Morgan fingerprint density at radius 2 is 2.20 bits per heavy atom. The summed E-state index contributed by atoms with van der Waals surface area (Å²) in [6.07, 6.45) is 0. The number of ether oxygens (including phenoxy) is 1. The first-order valence-electron chi connectivity index (χ1n) is 6.90. The second-order valence-corrected chi connectivity index (χ2v) is 4.56. The smallest absolute Gasteiger partial charge is 0.242 e. The van der Waals surface area contributed by atoms with Gasteiger partial charge in [0.1, 0.15) is 11.6 Å². The molecule has 1 saturated heterocycles. The highest BCUT2D eigenvalue weighted by Crippen LogP contribution is 2.13. The maximum atomic E-state index is 12.0. The van der Waals surface area contributed by atoms with Gasteiger partial charge < -0.3 is 20.3 Å². The molecule has 1 amide bonds. The van der Waals surface area contributed by atoms with Gasteiger partial charge in [0.25, 0.3) is 0 Å². The van der Waals surface area contributed by atoms with Crippen LogP contribution >= 0.6 is 0 Å². The molecule has 0 aromatic carbocycles. The molecule has 2 rings (SSSR count). The van der Waals surface area contributed by atoms with E-state index in [0.29, 0.717) is 24.1 Å². The zero-order valence-electron chi connectivity index (χ0n) is 12.0. The van der Waals surface area contributed by atoms with Crippen LogP contribution in [0.1, 0.15) is 12.7 Å². The molecule has 1 aliphatic rings. The average Bonchev–Trinajstić information content (AvgIpc) is 2.45. The first kappa shape index (κ1) is 14.5. The van der Waals surface area contributed by atoms with Crippen molar-refractivity contribution in [2.75, 3.05) is 44.6 Å².